The first-order valence-electron chi connectivity index (χ1n) is 5.29. The molecule has 3 heteroatoms. The number of ether oxygens (including phenoxy) is 2. The molecule has 0 aliphatic heterocycles. The Morgan fingerprint density at radius 1 is 1.33 bits per heavy atom. The van der Waals surface area contributed by atoms with Crippen LogP contribution in [-0.4, -0.2) is 13.7 Å². The molecule has 0 bridgehead atoms. The van der Waals surface area contributed by atoms with Crippen molar-refractivity contribution in [1.29, 1.82) is 0 Å². The average Bonchev–Trinajstić information content (AvgIpc) is 3.01. The summed E-state index contributed by atoms with van der Waals surface area (Å²) in [5, 5.41) is 0. The molecule has 1 aromatic carbocycles. The lowest BCUT2D eigenvalue weighted by atomic mass is 10.2. The number of nitrogen functional groups attached to an aromatic ring is 1. The van der Waals surface area contributed by atoms with Gasteiger partial charge in [0.05, 0.1) is 13.7 Å². The van der Waals surface area contributed by atoms with Crippen molar-refractivity contribution in [3.8, 4) is 5.75 Å². The van der Waals surface area contributed by atoms with Crippen molar-refractivity contribution >= 4 is 5.69 Å². The number of benzene rings is 1. The van der Waals surface area contributed by atoms with Crippen LogP contribution in [0.3, 0.4) is 0 Å². The topological polar surface area (TPSA) is 44.5 Å². The molecule has 0 atom stereocenters. The molecule has 3 nitrogen and oxygen atoms in total. The minimum Gasteiger partial charge on any atom is -0.497 e. The second kappa shape index (κ2) is 4.53. The van der Waals surface area contributed by atoms with Gasteiger partial charge in [0, 0.05) is 18.4 Å². The van der Waals surface area contributed by atoms with Crippen LogP contribution < -0.4 is 10.5 Å². The first kappa shape index (κ1) is 10.3. The molecule has 0 spiro atoms. The smallest absolute Gasteiger partial charge is 0.121 e. The van der Waals surface area contributed by atoms with Crippen LogP contribution in [0, 0.1) is 5.92 Å². The van der Waals surface area contributed by atoms with Crippen molar-refractivity contribution in [1.82, 2.24) is 0 Å². The monoisotopic (exact) mass is 207 g/mol. The molecule has 2 rings (SSSR count). The van der Waals surface area contributed by atoms with Gasteiger partial charge in [-0.1, -0.05) is 0 Å². The van der Waals surface area contributed by atoms with Crippen LogP contribution in [0.2, 0.25) is 0 Å². The van der Waals surface area contributed by atoms with E-state index in [2.05, 4.69) is 0 Å². The van der Waals surface area contributed by atoms with E-state index in [4.69, 9.17) is 15.2 Å². The first-order chi connectivity index (χ1) is 7.28. The number of methoxy groups -OCH3 is 1. The third-order valence-electron chi connectivity index (χ3n) is 2.54. The molecule has 0 aromatic heterocycles. The van der Waals surface area contributed by atoms with E-state index in [0.29, 0.717) is 6.61 Å². The van der Waals surface area contributed by atoms with E-state index in [1.807, 2.05) is 18.2 Å². The molecule has 0 heterocycles. The Kier molecular flexibility index (Phi) is 3.11. The van der Waals surface area contributed by atoms with E-state index >= 15 is 0 Å². The summed E-state index contributed by atoms with van der Waals surface area (Å²) < 4.78 is 10.7. The third-order valence-corrected chi connectivity index (χ3v) is 2.54. The third kappa shape index (κ3) is 3.13. The number of hydrogen-bond acceptors (Lipinski definition) is 3. The molecule has 15 heavy (non-hydrogen) atoms. The van der Waals surface area contributed by atoms with Gasteiger partial charge in [0.2, 0.25) is 0 Å². The van der Waals surface area contributed by atoms with E-state index in [1.54, 1.807) is 7.11 Å². The Labute approximate surface area is 90.2 Å². The number of hydrogen-bond donors (Lipinski definition) is 1. The maximum atomic E-state index is 5.74. The second-order valence-corrected chi connectivity index (χ2v) is 4.07. The molecule has 1 aliphatic rings. The van der Waals surface area contributed by atoms with Gasteiger partial charge in [-0.15, -0.1) is 0 Å². The van der Waals surface area contributed by atoms with E-state index in [0.717, 1.165) is 29.5 Å². The quantitative estimate of drug-likeness (QED) is 0.753. The standard InChI is InChI=1S/C12H17NO2/c1-14-12-5-10(4-11(13)6-12)8-15-7-9-2-3-9/h4-6,9H,2-3,7-8,13H2,1H3. The molecule has 2 N–H and O–H groups in total. The van der Waals surface area contributed by atoms with Gasteiger partial charge in [0.1, 0.15) is 5.75 Å². The fourth-order valence-corrected chi connectivity index (χ4v) is 1.52. The van der Waals surface area contributed by atoms with Crippen LogP contribution in [0.15, 0.2) is 18.2 Å². The normalized spacial score (nSPS) is 15.3. The lowest BCUT2D eigenvalue weighted by molar-refractivity contribution is 0.111. The lowest BCUT2D eigenvalue weighted by Gasteiger charge is -2.07. The molecular weight excluding hydrogens is 190 g/mol. The SMILES string of the molecule is COc1cc(N)cc(COCC2CC2)c1. The molecule has 0 unspecified atom stereocenters. The van der Waals surface area contributed by atoms with Gasteiger partial charge in [-0.3, -0.25) is 0 Å². The van der Waals surface area contributed by atoms with Crippen LogP contribution >= 0.6 is 0 Å². The second-order valence-electron chi connectivity index (χ2n) is 4.07. The van der Waals surface area contributed by atoms with Crippen molar-refractivity contribution in [2.45, 2.75) is 19.4 Å². The number of anilines is 1. The molecule has 0 amide bonds. The first-order valence-corrected chi connectivity index (χ1v) is 5.29. The Balaban J connectivity index is 1.90. The van der Waals surface area contributed by atoms with Gasteiger partial charge < -0.3 is 15.2 Å². The molecule has 82 valence electrons. The number of rotatable bonds is 5. The number of nitrogens with two attached hydrogens (primary N) is 1. The van der Waals surface area contributed by atoms with E-state index in [-0.39, 0.29) is 0 Å². The zero-order valence-electron chi connectivity index (χ0n) is 9.03. The summed E-state index contributed by atoms with van der Waals surface area (Å²) in [4.78, 5) is 0. The highest BCUT2D eigenvalue weighted by Crippen LogP contribution is 2.29. The van der Waals surface area contributed by atoms with Crippen molar-refractivity contribution in [2.24, 2.45) is 5.92 Å². The zero-order valence-corrected chi connectivity index (χ0v) is 9.03. The minimum atomic E-state index is 0.623. The van der Waals surface area contributed by atoms with Gasteiger partial charge >= 0.3 is 0 Å². The van der Waals surface area contributed by atoms with Crippen molar-refractivity contribution < 1.29 is 9.47 Å². The molecular formula is C12H17NO2. The predicted octanol–water partition coefficient (Wildman–Crippen LogP) is 2.20. The average molecular weight is 207 g/mol. The molecule has 1 saturated carbocycles. The Hall–Kier alpha value is -1.22. The summed E-state index contributed by atoms with van der Waals surface area (Å²) in [7, 11) is 1.64. The molecule has 1 fully saturated rings. The van der Waals surface area contributed by atoms with Crippen LogP contribution in [0.5, 0.6) is 5.75 Å². The van der Waals surface area contributed by atoms with Crippen LogP contribution in [0.4, 0.5) is 5.69 Å². The minimum absolute atomic E-state index is 0.623. The fourth-order valence-electron chi connectivity index (χ4n) is 1.52. The molecule has 1 aliphatic carbocycles. The van der Waals surface area contributed by atoms with E-state index < -0.39 is 0 Å². The largest absolute Gasteiger partial charge is 0.497 e. The highest BCUT2D eigenvalue weighted by Gasteiger charge is 2.21. The van der Waals surface area contributed by atoms with Crippen LogP contribution in [-0.2, 0) is 11.3 Å². The summed E-state index contributed by atoms with van der Waals surface area (Å²) in [6.45, 7) is 1.50. The molecule has 0 saturated heterocycles. The maximum Gasteiger partial charge on any atom is 0.121 e. The highest BCUT2D eigenvalue weighted by atomic mass is 16.5. The van der Waals surface area contributed by atoms with Gasteiger partial charge in [-0.2, -0.15) is 0 Å². The Morgan fingerprint density at radius 2 is 2.13 bits per heavy atom. The fraction of sp³-hybridized carbons (Fsp3) is 0.500. The van der Waals surface area contributed by atoms with Crippen LogP contribution in [0.1, 0.15) is 18.4 Å². The van der Waals surface area contributed by atoms with E-state index in [9.17, 15) is 0 Å². The molecule has 0 radical (unpaired) electrons. The molecule has 1 aromatic rings. The summed E-state index contributed by atoms with van der Waals surface area (Å²) in [5.41, 5.74) is 7.54. The van der Waals surface area contributed by atoms with Crippen LogP contribution in [0.25, 0.3) is 0 Å². The highest BCUT2D eigenvalue weighted by molar-refractivity contribution is 5.47. The zero-order chi connectivity index (χ0) is 10.7. The summed E-state index contributed by atoms with van der Waals surface area (Å²) >= 11 is 0. The summed E-state index contributed by atoms with van der Waals surface area (Å²) in [6, 6.07) is 5.70. The Bertz CT molecular complexity index is 334. The predicted molar refractivity (Wildman–Crippen MR) is 59.8 cm³/mol. The lowest BCUT2D eigenvalue weighted by Crippen LogP contribution is -1.98. The van der Waals surface area contributed by atoms with Crippen molar-refractivity contribution in [3.63, 3.8) is 0 Å². The van der Waals surface area contributed by atoms with Gasteiger partial charge in [0.15, 0.2) is 0 Å². The van der Waals surface area contributed by atoms with Crippen molar-refractivity contribution in [3.05, 3.63) is 23.8 Å². The van der Waals surface area contributed by atoms with Crippen molar-refractivity contribution in [2.75, 3.05) is 19.5 Å². The van der Waals surface area contributed by atoms with E-state index in [1.165, 1.54) is 12.8 Å². The maximum absolute atomic E-state index is 5.74. The van der Waals surface area contributed by atoms with Gasteiger partial charge in [-0.25, -0.2) is 0 Å². The summed E-state index contributed by atoms with van der Waals surface area (Å²) in [5.74, 6) is 1.59. The van der Waals surface area contributed by atoms with Gasteiger partial charge in [-0.05, 0) is 36.5 Å². The van der Waals surface area contributed by atoms with Gasteiger partial charge in [0.25, 0.3) is 0 Å². The summed E-state index contributed by atoms with van der Waals surface area (Å²) in [6.07, 6.45) is 2.64. The Morgan fingerprint density at radius 3 is 2.80 bits per heavy atom.